The number of fused-ring (bicyclic) bond motifs is 1. The van der Waals surface area contributed by atoms with Crippen molar-refractivity contribution in [2.24, 2.45) is 11.8 Å². The van der Waals surface area contributed by atoms with Gasteiger partial charge in [0.15, 0.2) is 0 Å². The third-order valence-electron chi connectivity index (χ3n) is 4.78. The second-order valence-electron chi connectivity index (χ2n) is 6.32. The van der Waals surface area contributed by atoms with E-state index in [2.05, 4.69) is 4.74 Å². The van der Waals surface area contributed by atoms with Crippen LogP contribution in [-0.2, 0) is 43.5 Å². The predicted molar refractivity (Wildman–Crippen MR) is 75.7 cm³/mol. The van der Waals surface area contributed by atoms with Crippen molar-refractivity contribution >= 4 is 32.2 Å². The molecule has 14 heteroatoms. The molecule has 10 nitrogen and oxygen atoms in total. The zero-order valence-corrected chi connectivity index (χ0v) is 14.5. The maximum Gasteiger partial charge on any atom is 0.465 e. The maximum atomic E-state index is 13.0. The number of ether oxygens (including phenoxy) is 2. The monoisotopic (exact) mass is 420 g/mol. The Morgan fingerprint density at radius 3 is 2.54 bits per heavy atom. The molecule has 5 atom stereocenters. The van der Waals surface area contributed by atoms with Gasteiger partial charge in [-0.1, -0.05) is 0 Å². The number of alkyl halides is 2. The highest BCUT2D eigenvalue weighted by Crippen LogP contribution is 2.55. The summed E-state index contributed by atoms with van der Waals surface area (Å²) >= 11 is 0. The van der Waals surface area contributed by atoms with Gasteiger partial charge in [0.05, 0.1) is 11.7 Å². The van der Waals surface area contributed by atoms with Crippen LogP contribution >= 0.6 is 0 Å². The Hall–Kier alpha value is -1.38. The van der Waals surface area contributed by atoms with E-state index in [1.807, 2.05) is 0 Å². The molecule has 2 bridgehead atoms. The SMILES string of the molecule is O=C(CCOC(=O)C(F)(F)S(=O)(=O)O)OC1C2OS(=O)(=O)C3C[C@@H]1CC23. The molecule has 1 N–H and O–H groups in total. The van der Waals surface area contributed by atoms with E-state index in [0.717, 1.165) is 0 Å². The van der Waals surface area contributed by atoms with E-state index in [0.29, 0.717) is 12.8 Å². The third kappa shape index (κ3) is 3.08. The van der Waals surface area contributed by atoms with E-state index in [4.69, 9.17) is 13.5 Å². The average Bonchev–Trinajstić information content (AvgIpc) is 3.10. The lowest BCUT2D eigenvalue weighted by Gasteiger charge is -2.24. The summed E-state index contributed by atoms with van der Waals surface area (Å²) in [5.74, 6) is -3.92. The summed E-state index contributed by atoms with van der Waals surface area (Å²) in [5.41, 5.74) is 0. The first-order chi connectivity index (χ1) is 11.8. The van der Waals surface area contributed by atoms with Gasteiger partial charge < -0.3 is 9.47 Å². The molecule has 0 amide bonds. The molecule has 4 unspecified atom stereocenters. The van der Waals surface area contributed by atoms with Crippen LogP contribution in [0.5, 0.6) is 0 Å². The van der Waals surface area contributed by atoms with Crippen molar-refractivity contribution < 1.29 is 53.4 Å². The van der Waals surface area contributed by atoms with E-state index in [9.17, 15) is 35.2 Å². The molecule has 1 saturated heterocycles. The van der Waals surface area contributed by atoms with Gasteiger partial charge in [0.1, 0.15) is 18.8 Å². The molecular weight excluding hydrogens is 406 g/mol. The second kappa shape index (κ2) is 6.07. The Morgan fingerprint density at radius 2 is 1.92 bits per heavy atom. The highest BCUT2D eigenvalue weighted by Gasteiger charge is 2.65. The molecule has 0 spiro atoms. The van der Waals surface area contributed by atoms with Gasteiger partial charge in [-0.15, -0.1) is 0 Å². The Bertz CT molecular complexity index is 836. The number of rotatable bonds is 6. The molecule has 0 aromatic carbocycles. The Morgan fingerprint density at radius 1 is 1.27 bits per heavy atom. The minimum atomic E-state index is -5.99. The molecular formula is C12H14F2O10S2. The fourth-order valence-corrected chi connectivity index (χ4v) is 5.82. The van der Waals surface area contributed by atoms with E-state index in [-0.39, 0.29) is 11.8 Å². The number of hydrogen-bond donors (Lipinski definition) is 1. The molecule has 148 valence electrons. The highest BCUT2D eigenvalue weighted by atomic mass is 32.2. The van der Waals surface area contributed by atoms with Crippen LogP contribution in [0, 0.1) is 11.8 Å². The molecule has 26 heavy (non-hydrogen) atoms. The lowest BCUT2D eigenvalue weighted by atomic mass is 9.94. The van der Waals surface area contributed by atoms with Crippen LogP contribution in [0.2, 0.25) is 0 Å². The molecule has 0 radical (unpaired) electrons. The van der Waals surface area contributed by atoms with Gasteiger partial charge in [-0.05, 0) is 12.8 Å². The highest BCUT2D eigenvalue weighted by molar-refractivity contribution is 7.88. The number of halogens is 2. The first kappa shape index (κ1) is 19.4. The van der Waals surface area contributed by atoms with Gasteiger partial charge in [0.25, 0.3) is 10.1 Å². The van der Waals surface area contributed by atoms with Gasteiger partial charge >= 0.3 is 27.3 Å². The summed E-state index contributed by atoms with van der Waals surface area (Å²) < 4.78 is 92.5. The lowest BCUT2D eigenvalue weighted by molar-refractivity contribution is -0.165. The van der Waals surface area contributed by atoms with E-state index < -0.39 is 67.9 Å². The van der Waals surface area contributed by atoms with Crippen molar-refractivity contribution in [1.29, 1.82) is 0 Å². The number of hydrogen-bond acceptors (Lipinski definition) is 9. The molecule has 3 rings (SSSR count). The van der Waals surface area contributed by atoms with Crippen LogP contribution in [0.25, 0.3) is 0 Å². The lowest BCUT2D eigenvalue weighted by Crippen LogP contribution is -2.39. The second-order valence-corrected chi connectivity index (χ2v) is 9.57. The summed E-state index contributed by atoms with van der Waals surface area (Å²) in [6.07, 6.45) is -1.40. The maximum absolute atomic E-state index is 13.0. The van der Waals surface area contributed by atoms with Crippen LogP contribution in [0.15, 0.2) is 0 Å². The summed E-state index contributed by atoms with van der Waals surface area (Å²) in [5, 5.41) is -5.75. The molecule has 2 saturated carbocycles. The minimum absolute atomic E-state index is 0.192. The summed E-state index contributed by atoms with van der Waals surface area (Å²) in [4.78, 5) is 22.7. The molecule has 3 fully saturated rings. The quantitative estimate of drug-likeness (QED) is 0.337. The largest absolute Gasteiger partial charge is 0.465 e. The van der Waals surface area contributed by atoms with Crippen molar-refractivity contribution in [3.05, 3.63) is 0 Å². The van der Waals surface area contributed by atoms with Gasteiger partial charge in [-0.2, -0.15) is 25.6 Å². The summed E-state index contributed by atoms with van der Waals surface area (Å²) in [7, 11) is -9.67. The molecule has 0 aromatic rings. The molecule has 1 aliphatic heterocycles. The fraction of sp³-hybridized carbons (Fsp3) is 0.833. The normalized spacial score (nSPS) is 34.7. The smallest absolute Gasteiger partial charge is 0.460 e. The van der Waals surface area contributed by atoms with Gasteiger partial charge in [0, 0.05) is 11.8 Å². The zero-order valence-electron chi connectivity index (χ0n) is 12.9. The van der Waals surface area contributed by atoms with Crippen molar-refractivity contribution in [3.63, 3.8) is 0 Å². The van der Waals surface area contributed by atoms with Gasteiger partial charge in [-0.25, -0.2) is 4.79 Å². The van der Waals surface area contributed by atoms with Crippen molar-refractivity contribution in [2.45, 2.75) is 42.0 Å². The van der Waals surface area contributed by atoms with Crippen LogP contribution < -0.4 is 0 Å². The molecule has 1 heterocycles. The summed E-state index contributed by atoms with van der Waals surface area (Å²) in [6, 6.07) is 0. The fourth-order valence-electron chi connectivity index (χ4n) is 3.67. The van der Waals surface area contributed by atoms with Crippen LogP contribution in [-0.4, -0.2) is 62.6 Å². The zero-order chi connectivity index (χ0) is 19.5. The van der Waals surface area contributed by atoms with Crippen LogP contribution in [0.1, 0.15) is 19.3 Å². The molecule has 2 aliphatic carbocycles. The first-order valence-electron chi connectivity index (χ1n) is 7.48. The Labute approximate surface area is 146 Å². The Kier molecular flexibility index (Phi) is 4.53. The summed E-state index contributed by atoms with van der Waals surface area (Å²) in [6.45, 7) is -0.907. The van der Waals surface area contributed by atoms with Crippen LogP contribution in [0.4, 0.5) is 8.78 Å². The van der Waals surface area contributed by atoms with Gasteiger partial charge in [0.2, 0.25) is 0 Å². The van der Waals surface area contributed by atoms with E-state index >= 15 is 0 Å². The minimum Gasteiger partial charge on any atom is -0.460 e. The van der Waals surface area contributed by atoms with E-state index in [1.165, 1.54) is 0 Å². The first-order valence-corrected chi connectivity index (χ1v) is 10.4. The number of esters is 2. The molecule has 3 aliphatic rings. The number of carbonyl (C=O) groups excluding carboxylic acids is 2. The van der Waals surface area contributed by atoms with Crippen molar-refractivity contribution in [2.75, 3.05) is 6.61 Å². The molecule has 0 aromatic heterocycles. The van der Waals surface area contributed by atoms with Crippen LogP contribution in [0.3, 0.4) is 0 Å². The van der Waals surface area contributed by atoms with Crippen molar-refractivity contribution in [3.8, 4) is 0 Å². The third-order valence-corrected chi connectivity index (χ3v) is 7.37. The Balaban J connectivity index is 1.50. The van der Waals surface area contributed by atoms with Crippen molar-refractivity contribution in [1.82, 2.24) is 0 Å². The predicted octanol–water partition coefficient (Wildman–Crippen LogP) is -0.551. The average molecular weight is 420 g/mol. The van der Waals surface area contributed by atoms with E-state index in [1.54, 1.807) is 0 Å². The topological polar surface area (TPSA) is 150 Å². The number of carbonyl (C=O) groups is 2. The standard InChI is InChI=1S/C12H14F2O10S2/c13-12(14,26(19,20)21)11(16)22-2-1-8(15)23-9-5-3-6-7(4-5)25(17,18)24-10(6)9/h5-7,9-10H,1-4H2,(H,19,20,21)/t5-,6?,7?,9?,10?/m0/s1. The van der Waals surface area contributed by atoms with Gasteiger partial charge in [-0.3, -0.25) is 13.5 Å².